The van der Waals surface area contributed by atoms with Crippen molar-refractivity contribution < 1.29 is 43.5 Å². The number of carbonyl (C=O) groups excluding carboxylic acids is 3. The highest BCUT2D eigenvalue weighted by Crippen LogP contribution is 2.25. The fraction of sp³-hybridized carbons (Fsp3) is 0.880. The van der Waals surface area contributed by atoms with Crippen LogP contribution >= 0.6 is 0 Å². The summed E-state index contributed by atoms with van der Waals surface area (Å²) < 4.78 is 21.4. The van der Waals surface area contributed by atoms with Crippen LogP contribution in [0.2, 0.25) is 0 Å². The highest BCUT2D eigenvalue weighted by molar-refractivity contribution is 5.70. The van der Waals surface area contributed by atoms with Crippen molar-refractivity contribution in [3.63, 3.8) is 0 Å². The Bertz CT molecular complexity index is 508. The van der Waals surface area contributed by atoms with Gasteiger partial charge in [-0.3, -0.25) is 14.4 Å². The zero-order valence-corrected chi connectivity index (χ0v) is 21.2. The van der Waals surface area contributed by atoms with Crippen molar-refractivity contribution in [3.8, 4) is 0 Å². The minimum Gasteiger partial charge on any atom is -0.465 e. The predicted octanol–water partition coefficient (Wildman–Crippen LogP) is 3.32. The lowest BCUT2D eigenvalue weighted by molar-refractivity contribution is -0.162. The van der Waals surface area contributed by atoms with Crippen LogP contribution in [-0.2, 0) is 33.3 Å². The molecule has 9 heteroatoms. The summed E-state index contributed by atoms with van der Waals surface area (Å²) in [6.07, 6.45) is 7.71. The van der Waals surface area contributed by atoms with E-state index in [0.29, 0.717) is 51.6 Å². The minimum atomic E-state index is -0.812. The van der Waals surface area contributed by atoms with Gasteiger partial charge >= 0.3 is 17.9 Å². The second kappa shape index (κ2) is 21.8. The minimum absolute atomic E-state index is 0.00398. The third-order valence-corrected chi connectivity index (χ3v) is 5.68. The lowest BCUT2D eigenvalue weighted by Crippen LogP contribution is -2.39. The largest absolute Gasteiger partial charge is 0.465 e. The Morgan fingerprint density at radius 2 is 1.00 bits per heavy atom. The molecule has 0 amide bonds. The Morgan fingerprint density at radius 3 is 1.32 bits per heavy atom. The normalized spacial score (nSPS) is 11.3. The molecule has 0 saturated carbocycles. The molecule has 0 aromatic carbocycles. The smallest absolute Gasteiger partial charge is 0.305 e. The summed E-state index contributed by atoms with van der Waals surface area (Å²) in [5.41, 5.74) is -0.812. The number of aliphatic hydroxyl groups excluding tert-OH is 2. The van der Waals surface area contributed by atoms with Crippen LogP contribution < -0.4 is 0 Å². The van der Waals surface area contributed by atoms with Crippen LogP contribution in [0.3, 0.4) is 0 Å². The molecule has 0 unspecified atom stereocenters. The maximum Gasteiger partial charge on any atom is 0.305 e. The van der Waals surface area contributed by atoms with Gasteiger partial charge in [0.15, 0.2) is 0 Å². The third kappa shape index (κ3) is 17.7. The summed E-state index contributed by atoms with van der Waals surface area (Å²) in [7, 11) is 1.64. The fourth-order valence-electron chi connectivity index (χ4n) is 3.16. The molecule has 0 aliphatic rings. The molecule has 0 spiro atoms. The number of aliphatic hydroxyl groups is 2. The average molecular weight is 491 g/mol. The van der Waals surface area contributed by atoms with Gasteiger partial charge in [0.2, 0.25) is 0 Å². The number of hydrogen-bond acceptors (Lipinski definition) is 9. The topological polar surface area (TPSA) is 129 Å². The van der Waals surface area contributed by atoms with Crippen LogP contribution in [0.15, 0.2) is 0 Å². The van der Waals surface area contributed by atoms with Crippen molar-refractivity contribution in [2.45, 2.75) is 90.4 Å². The highest BCUT2D eigenvalue weighted by Gasteiger charge is 2.34. The summed E-state index contributed by atoms with van der Waals surface area (Å²) in [4.78, 5) is 36.5. The van der Waals surface area contributed by atoms with Crippen LogP contribution in [-0.4, -0.2) is 74.9 Å². The monoisotopic (exact) mass is 490 g/mol. The summed E-state index contributed by atoms with van der Waals surface area (Å²) in [6.45, 7) is 2.69. The first kappa shape index (κ1) is 32.3. The van der Waals surface area contributed by atoms with Crippen molar-refractivity contribution in [2.24, 2.45) is 5.41 Å². The summed E-state index contributed by atoms with van der Waals surface area (Å²) >= 11 is 0. The second-order valence-corrected chi connectivity index (χ2v) is 8.71. The number of hydrogen-bond donors (Lipinski definition) is 2. The van der Waals surface area contributed by atoms with Crippen molar-refractivity contribution in [1.29, 1.82) is 0 Å². The Balaban J connectivity index is 4.77. The van der Waals surface area contributed by atoms with Crippen LogP contribution in [0.5, 0.6) is 0 Å². The SMILES string of the molecule is CCC(COC(=O)CCCCCO)(COC(=O)CCCCCO)COC(=O)CCCCCOC. The maximum absolute atomic E-state index is 12.2. The van der Waals surface area contributed by atoms with E-state index in [1.807, 2.05) is 6.92 Å². The molecule has 0 aliphatic heterocycles. The molecule has 0 bridgehead atoms. The second-order valence-electron chi connectivity index (χ2n) is 8.71. The van der Waals surface area contributed by atoms with E-state index in [9.17, 15) is 14.4 Å². The van der Waals surface area contributed by atoms with Gasteiger partial charge in [-0.2, -0.15) is 0 Å². The molecular formula is C25H46O9. The molecule has 0 rings (SSSR count). The lowest BCUT2D eigenvalue weighted by Gasteiger charge is -2.31. The molecule has 0 aliphatic carbocycles. The summed E-state index contributed by atoms with van der Waals surface area (Å²) in [6, 6.07) is 0. The van der Waals surface area contributed by atoms with Crippen LogP contribution in [0.4, 0.5) is 0 Å². The van der Waals surface area contributed by atoms with Crippen LogP contribution in [0.25, 0.3) is 0 Å². The van der Waals surface area contributed by atoms with E-state index in [1.54, 1.807) is 7.11 Å². The molecule has 0 atom stereocenters. The highest BCUT2D eigenvalue weighted by atomic mass is 16.6. The molecule has 200 valence electrons. The van der Waals surface area contributed by atoms with E-state index < -0.39 is 5.41 Å². The van der Waals surface area contributed by atoms with Gasteiger partial charge in [-0.05, 0) is 44.9 Å². The van der Waals surface area contributed by atoms with Gasteiger partial charge in [0.05, 0.1) is 5.41 Å². The van der Waals surface area contributed by atoms with E-state index in [0.717, 1.165) is 25.7 Å². The Kier molecular flexibility index (Phi) is 20.7. The first-order chi connectivity index (χ1) is 16.4. The van der Waals surface area contributed by atoms with E-state index >= 15 is 0 Å². The predicted molar refractivity (Wildman–Crippen MR) is 127 cm³/mol. The van der Waals surface area contributed by atoms with Crippen molar-refractivity contribution in [3.05, 3.63) is 0 Å². The zero-order chi connectivity index (χ0) is 25.5. The van der Waals surface area contributed by atoms with Gasteiger partial charge in [-0.1, -0.05) is 26.2 Å². The number of esters is 3. The van der Waals surface area contributed by atoms with Crippen molar-refractivity contribution in [1.82, 2.24) is 0 Å². The Morgan fingerprint density at radius 1 is 0.618 bits per heavy atom. The molecule has 9 nitrogen and oxygen atoms in total. The summed E-state index contributed by atoms with van der Waals surface area (Å²) in [5, 5.41) is 17.7. The van der Waals surface area contributed by atoms with Gasteiger partial charge in [0.25, 0.3) is 0 Å². The molecule has 0 saturated heterocycles. The molecular weight excluding hydrogens is 444 g/mol. The number of rotatable bonds is 23. The Hall–Kier alpha value is -1.71. The first-order valence-electron chi connectivity index (χ1n) is 12.6. The van der Waals surface area contributed by atoms with E-state index in [-0.39, 0.29) is 63.8 Å². The zero-order valence-electron chi connectivity index (χ0n) is 21.2. The standard InChI is InChI=1S/C25H46O9/c1-3-25(19-32-22(28)13-7-4-10-16-26,20-33-23(29)14-8-5-11-17-27)21-34-24(30)15-9-6-12-18-31-2/h26-27H,3-21H2,1-2H3. The number of methoxy groups -OCH3 is 1. The first-order valence-corrected chi connectivity index (χ1v) is 12.6. The van der Waals surface area contributed by atoms with Crippen molar-refractivity contribution in [2.75, 3.05) is 46.8 Å². The molecule has 2 N–H and O–H groups in total. The van der Waals surface area contributed by atoms with E-state index in [2.05, 4.69) is 0 Å². The quantitative estimate of drug-likeness (QED) is 0.126. The fourth-order valence-corrected chi connectivity index (χ4v) is 3.16. The van der Waals surface area contributed by atoms with Crippen LogP contribution in [0, 0.1) is 5.41 Å². The van der Waals surface area contributed by atoms with Gasteiger partial charge in [-0.15, -0.1) is 0 Å². The van der Waals surface area contributed by atoms with Gasteiger partial charge in [0.1, 0.15) is 19.8 Å². The lowest BCUT2D eigenvalue weighted by atomic mass is 9.88. The molecule has 0 aromatic rings. The average Bonchev–Trinajstić information content (AvgIpc) is 2.84. The van der Waals surface area contributed by atoms with E-state index in [4.69, 9.17) is 29.2 Å². The molecule has 0 heterocycles. The molecule has 34 heavy (non-hydrogen) atoms. The van der Waals surface area contributed by atoms with Crippen molar-refractivity contribution >= 4 is 17.9 Å². The third-order valence-electron chi connectivity index (χ3n) is 5.68. The molecule has 0 aromatic heterocycles. The van der Waals surface area contributed by atoms with E-state index in [1.165, 1.54) is 0 Å². The maximum atomic E-state index is 12.2. The Labute approximate surface area is 204 Å². The van der Waals surface area contributed by atoms with Gasteiger partial charge < -0.3 is 29.2 Å². The van der Waals surface area contributed by atoms with Gasteiger partial charge in [0, 0.05) is 46.2 Å². The van der Waals surface area contributed by atoms with Crippen LogP contribution in [0.1, 0.15) is 90.4 Å². The number of ether oxygens (including phenoxy) is 4. The number of carbonyl (C=O) groups is 3. The molecule has 0 radical (unpaired) electrons. The number of unbranched alkanes of at least 4 members (excludes halogenated alkanes) is 6. The summed E-state index contributed by atoms with van der Waals surface area (Å²) in [5.74, 6) is -1.06. The molecule has 0 fully saturated rings. The van der Waals surface area contributed by atoms with Gasteiger partial charge in [-0.25, -0.2) is 0 Å².